The van der Waals surface area contributed by atoms with Crippen LogP contribution in [0.25, 0.3) is 0 Å². The predicted molar refractivity (Wildman–Crippen MR) is 88.4 cm³/mol. The third-order valence-corrected chi connectivity index (χ3v) is 3.39. The van der Waals surface area contributed by atoms with E-state index in [2.05, 4.69) is 15.3 Å². The van der Waals surface area contributed by atoms with Crippen LogP contribution in [0, 0.1) is 13.8 Å². The van der Waals surface area contributed by atoms with Gasteiger partial charge in [0.1, 0.15) is 11.5 Å². The monoisotopic (exact) mass is 313 g/mol. The van der Waals surface area contributed by atoms with Gasteiger partial charge in [0.25, 0.3) is 5.91 Å². The van der Waals surface area contributed by atoms with Crippen molar-refractivity contribution in [2.45, 2.75) is 13.8 Å². The van der Waals surface area contributed by atoms with Crippen LogP contribution >= 0.6 is 0 Å². The number of para-hydroxylation sites is 1. The van der Waals surface area contributed by atoms with E-state index in [0.29, 0.717) is 5.82 Å². The molecule has 0 fully saturated rings. The quantitative estimate of drug-likeness (QED) is 0.865. The first-order valence-electron chi connectivity index (χ1n) is 7.07. The largest absolute Gasteiger partial charge is 0.364 e. The van der Waals surface area contributed by atoms with Crippen LogP contribution in [-0.2, 0) is 4.79 Å². The van der Waals surface area contributed by atoms with Crippen LogP contribution in [0.2, 0.25) is 0 Å². The number of hydrogen-bond acceptors (Lipinski definition) is 5. The molecule has 120 valence electrons. The van der Waals surface area contributed by atoms with E-state index < -0.39 is 5.91 Å². The highest BCUT2D eigenvalue weighted by molar-refractivity contribution is 5.95. The summed E-state index contributed by atoms with van der Waals surface area (Å²) in [4.78, 5) is 32.9. The highest BCUT2D eigenvalue weighted by Crippen LogP contribution is 2.19. The molecule has 0 radical (unpaired) electrons. The average molecular weight is 313 g/mol. The number of benzene rings is 1. The maximum Gasteiger partial charge on any atom is 0.268 e. The Morgan fingerprint density at radius 3 is 2.48 bits per heavy atom. The molecule has 0 aliphatic carbocycles. The molecule has 23 heavy (non-hydrogen) atoms. The molecule has 0 bridgehead atoms. The molecule has 7 heteroatoms. The fourth-order valence-corrected chi connectivity index (χ4v) is 2.15. The van der Waals surface area contributed by atoms with Gasteiger partial charge in [0.15, 0.2) is 0 Å². The number of hydrogen-bond donors (Lipinski definition) is 2. The summed E-state index contributed by atoms with van der Waals surface area (Å²) < 4.78 is 0. The Labute approximate surface area is 134 Å². The van der Waals surface area contributed by atoms with E-state index in [1.807, 2.05) is 32.0 Å². The van der Waals surface area contributed by atoms with E-state index in [4.69, 9.17) is 5.73 Å². The van der Waals surface area contributed by atoms with Crippen molar-refractivity contribution in [3.8, 4) is 0 Å². The topological polar surface area (TPSA) is 101 Å². The minimum atomic E-state index is -0.660. The second-order valence-corrected chi connectivity index (χ2v) is 5.30. The Morgan fingerprint density at radius 2 is 1.87 bits per heavy atom. The molecular formula is C16H19N5O2. The fourth-order valence-electron chi connectivity index (χ4n) is 2.15. The second-order valence-electron chi connectivity index (χ2n) is 5.30. The number of carbonyl (C=O) groups excluding carboxylic acids is 2. The van der Waals surface area contributed by atoms with Crippen molar-refractivity contribution in [2.75, 3.05) is 23.8 Å². The molecule has 0 aliphatic rings. The lowest BCUT2D eigenvalue weighted by Crippen LogP contribution is -2.31. The maximum atomic E-state index is 12.2. The highest BCUT2D eigenvalue weighted by Gasteiger charge is 2.13. The van der Waals surface area contributed by atoms with E-state index in [1.165, 1.54) is 12.4 Å². The summed E-state index contributed by atoms with van der Waals surface area (Å²) in [6, 6.07) is 5.82. The molecule has 0 saturated carbocycles. The molecule has 2 aromatic rings. The summed E-state index contributed by atoms with van der Waals surface area (Å²) in [6.45, 7) is 3.95. The first-order valence-corrected chi connectivity index (χ1v) is 7.07. The Hall–Kier alpha value is -2.96. The molecule has 3 N–H and O–H groups in total. The second kappa shape index (κ2) is 6.87. The van der Waals surface area contributed by atoms with Gasteiger partial charge in [-0.05, 0) is 25.0 Å². The normalized spacial score (nSPS) is 10.2. The van der Waals surface area contributed by atoms with Crippen molar-refractivity contribution in [1.29, 1.82) is 0 Å². The number of nitrogens with one attached hydrogen (secondary N) is 1. The molecule has 0 saturated heterocycles. The van der Waals surface area contributed by atoms with Gasteiger partial charge in [-0.25, -0.2) is 4.98 Å². The van der Waals surface area contributed by atoms with Gasteiger partial charge in [-0.3, -0.25) is 14.6 Å². The molecule has 2 rings (SSSR count). The number of aromatic nitrogens is 2. The van der Waals surface area contributed by atoms with Crippen LogP contribution in [-0.4, -0.2) is 35.4 Å². The van der Waals surface area contributed by atoms with Gasteiger partial charge in [-0.15, -0.1) is 0 Å². The minimum absolute atomic E-state index is 0.0597. The van der Waals surface area contributed by atoms with Gasteiger partial charge in [-0.1, -0.05) is 18.2 Å². The average Bonchev–Trinajstić information content (AvgIpc) is 2.51. The zero-order valence-corrected chi connectivity index (χ0v) is 13.3. The molecular weight excluding hydrogens is 294 g/mol. The molecule has 2 amide bonds. The smallest absolute Gasteiger partial charge is 0.268 e. The van der Waals surface area contributed by atoms with Gasteiger partial charge in [0.05, 0.1) is 18.9 Å². The number of nitrogens with two attached hydrogens (primary N) is 1. The third kappa shape index (κ3) is 4.03. The van der Waals surface area contributed by atoms with E-state index in [9.17, 15) is 9.59 Å². The first kappa shape index (κ1) is 16.4. The number of amides is 2. The van der Waals surface area contributed by atoms with Crippen LogP contribution < -0.4 is 16.0 Å². The lowest BCUT2D eigenvalue weighted by Gasteiger charge is -2.18. The number of primary amides is 1. The van der Waals surface area contributed by atoms with Crippen molar-refractivity contribution < 1.29 is 9.59 Å². The summed E-state index contributed by atoms with van der Waals surface area (Å²) >= 11 is 0. The van der Waals surface area contributed by atoms with Gasteiger partial charge < -0.3 is 16.0 Å². The van der Waals surface area contributed by atoms with Crippen molar-refractivity contribution in [2.24, 2.45) is 5.73 Å². The summed E-state index contributed by atoms with van der Waals surface area (Å²) in [5, 5.41) is 2.90. The third-order valence-electron chi connectivity index (χ3n) is 3.39. The van der Waals surface area contributed by atoms with Gasteiger partial charge in [-0.2, -0.15) is 0 Å². The van der Waals surface area contributed by atoms with Crippen LogP contribution in [0.1, 0.15) is 21.6 Å². The summed E-state index contributed by atoms with van der Waals surface area (Å²) in [5.74, 6) is -0.443. The van der Waals surface area contributed by atoms with Crippen molar-refractivity contribution in [1.82, 2.24) is 9.97 Å². The number of likely N-dealkylation sites (N-methyl/N-ethyl adjacent to an activating group) is 1. The predicted octanol–water partition coefficient (Wildman–Crippen LogP) is 1.27. The zero-order chi connectivity index (χ0) is 17.0. The SMILES string of the molecule is Cc1cccc(C)c1NC(=O)CN(C)c1cncc(C(N)=O)n1. The Morgan fingerprint density at radius 1 is 1.22 bits per heavy atom. The van der Waals surface area contributed by atoms with E-state index >= 15 is 0 Å². The maximum absolute atomic E-state index is 12.2. The van der Waals surface area contributed by atoms with Crippen LogP contribution in [0.5, 0.6) is 0 Å². The number of rotatable bonds is 5. The van der Waals surface area contributed by atoms with Crippen LogP contribution in [0.15, 0.2) is 30.6 Å². The Kier molecular flexibility index (Phi) is 4.90. The van der Waals surface area contributed by atoms with Gasteiger partial charge in [0.2, 0.25) is 5.91 Å². The van der Waals surface area contributed by atoms with Crippen molar-refractivity contribution in [3.63, 3.8) is 0 Å². The molecule has 0 aliphatic heterocycles. The van der Waals surface area contributed by atoms with Crippen LogP contribution in [0.3, 0.4) is 0 Å². The summed E-state index contributed by atoms with van der Waals surface area (Å²) in [6.07, 6.45) is 2.76. The number of anilines is 2. The highest BCUT2D eigenvalue weighted by atomic mass is 16.2. The van der Waals surface area contributed by atoms with E-state index in [-0.39, 0.29) is 18.1 Å². The summed E-state index contributed by atoms with van der Waals surface area (Å²) in [5.41, 5.74) is 8.04. The molecule has 1 heterocycles. The van der Waals surface area contributed by atoms with Crippen molar-refractivity contribution >= 4 is 23.3 Å². The first-order chi connectivity index (χ1) is 10.9. The van der Waals surface area contributed by atoms with E-state index in [0.717, 1.165) is 16.8 Å². The van der Waals surface area contributed by atoms with Crippen LogP contribution in [0.4, 0.5) is 11.5 Å². The number of nitrogens with zero attached hydrogens (tertiary/aromatic N) is 3. The molecule has 0 atom stereocenters. The number of carbonyl (C=O) groups is 2. The minimum Gasteiger partial charge on any atom is -0.364 e. The Bertz CT molecular complexity index is 725. The molecule has 1 aromatic carbocycles. The number of aryl methyl sites for hydroxylation is 2. The lowest BCUT2D eigenvalue weighted by atomic mass is 10.1. The van der Waals surface area contributed by atoms with Gasteiger partial charge >= 0.3 is 0 Å². The van der Waals surface area contributed by atoms with E-state index in [1.54, 1.807) is 11.9 Å². The molecule has 7 nitrogen and oxygen atoms in total. The van der Waals surface area contributed by atoms with Crippen molar-refractivity contribution in [3.05, 3.63) is 47.4 Å². The molecule has 1 aromatic heterocycles. The lowest BCUT2D eigenvalue weighted by molar-refractivity contribution is -0.114. The molecule has 0 unspecified atom stereocenters. The Balaban J connectivity index is 2.08. The van der Waals surface area contributed by atoms with Gasteiger partial charge in [0, 0.05) is 12.7 Å². The fraction of sp³-hybridized carbons (Fsp3) is 0.250. The summed E-state index contributed by atoms with van der Waals surface area (Å²) in [7, 11) is 1.69. The standard InChI is InChI=1S/C16H19N5O2/c1-10-5-4-6-11(2)15(10)20-14(22)9-21(3)13-8-18-7-12(19-13)16(17)23/h4-8H,9H2,1-3H3,(H2,17,23)(H,20,22). The molecule has 0 spiro atoms. The zero-order valence-electron chi connectivity index (χ0n) is 13.3.